The number of benzene rings is 1. The van der Waals surface area contributed by atoms with Crippen molar-refractivity contribution in [3.63, 3.8) is 0 Å². The van der Waals surface area contributed by atoms with Gasteiger partial charge in [-0.3, -0.25) is 4.79 Å². The topological polar surface area (TPSA) is 35.5 Å². The van der Waals surface area contributed by atoms with Crippen molar-refractivity contribution in [1.82, 2.24) is 0 Å². The molecule has 1 aromatic carbocycles. The first-order valence-electron chi connectivity index (χ1n) is 10.3. The third-order valence-electron chi connectivity index (χ3n) is 5.38. The fourth-order valence-electron chi connectivity index (χ4n) is 3.50. The first-order valence-corrected chi connectivity index (χ1v) is 10.3. The van der Waals surface area contributed by atoms with Gasteiger partial charge in [0.2, 0.25) is 0 Å². The van der Waals surface area contributed by atoms with E-state index < -0.39 is 0 Å². The highest BCUT2D eigenvalue weighted by Crippen LogP contribution is 2.27. The SMILES string of the molecule is CCC(=O)OCC(CCC1=CC=CC(CC)C1)CCc1cccc(OC)c1. The number of rotatable bonds is 11. The number of hydrogen-bond donors (Lipinski definition) is 0. The van der Waals surface area contributed by atoms with Crippen LogP contribution in [-0.4, -0.2) is 19.7 Å². The van der Waals surface area contributed by atoms with E-state index in [1.807, 2.05) is 19.1 Å². The second-order valence-corrected chi connectivity index (χ2v) is 7.41. The molecule has 2 atom stereocenters. The molecule has 0 aliphatic heterocycles. The zero-order valence-electron chi connectivity index (χ0n) is 17.1. The van der Waals surface area contributed by atoms with E-state index in [4.69, 9.17) is 9.47 Å². The molecule has 1 aliphatic rings. The molecule has 0 N–H and O–H groups in total. The van der Waals surface area contributed by atoms with Gasteiger partial charge in [0.15, 0.2) is 0 Å². The van der Waals surface area contributed by atoms with Crippen molar-refractivity contribution in [3.05, 3.63) is 53.6 Å². The van der Waals surface area contributed by atoms with Crippen molar-refractivity contribution in [2.75, 3.05) is 13.7 Å². The number of hydrogen-bond acceptors (Lipinski definition) is 3. The van der Waals surface area contributed by atoms with E-state index in [-0.39, 0.29) is 5.97 Å². The predicted molar refractivity (Wildman–Crippen MR) is 111 cm³/mol. The molecule has 3 heteroatoms. The average molecular weight is 371 g/mol. The van der Waals surface area contributed by atoms with Crippen molar-refractivity contribution in [2.24, 2.45) is 11.8 Å². The van der Waals surface area contributed by atoms with E-state index in [0.29, 0.717) is 24.9 Å². The van der Waals surface area contributed by atoms with Gasteiger partial charge in [-0.25, -0.2) is 0 Å². The number of methoxy groups -OCH3 is 1. The highest BCUT2D eigenvalue weighted by Gasteiger charge is 2.15. The summed E-state index contributed by atoms with van der Waals surface area (Å²) in [5.74, 6) is 1.86. The molecule has 3 nitrogen and oxygen atoms in total. The van der Waals surface area contributed by atoms with Gasteiger partial charge < -0.3 is 9.47 Å². The molecule has 0 saturated carbocycles. The Morgan fingerprint density at radius 3 is 2.78 bits per heavy atom. The van der Waals surface area contributed by atoms with Crippen LogP contribution in [0.4, 0.5) is 0 Å². The Kier molecular flexibility index (Phi) is 9.17. The standard InChI is InChI=1S/C24H34O3/c1-4-19-8-6-9-20(16-19)12-14-22(18-27-24(25)5-2)15-13-21-10-7-11-23(17-21)26-3/h6-11,17,19,22H,4-5,12-16,18H2,1-3H3. The zero-order chi connectivity index (χ0) is 19.5. The van der Waals surface area contributed by atoms with E-state index in [0.717, 1.165) is 31.4 Å². The van der Waals surface area contributed by atoms with Crippen molar-refractivity contribution < 1.29 is 14.3 Å². The van der Waals surface area contributed by atoms with Gasteiger partial charge in [0, 0.05) is 6.42 Å². The number of allylic oxidation sites excluding steroid dienone is 4. The van der Waals surface area contributed by atoms with E-state index in [2.05, 4.69) is 37.3 Å². The molecule has 0 heterocycles. The maximum Gasteiger partial charge on any atom is 0.305 e. The van der Waals surface area contributed by atoms with Gasteiger partial charge >= 0.3 is 5.97 Å². The van der Waals surface area contributed by atoms with Gasteiger partial charge in [0.1, 0.15) is 5.75 Å². The van der Waals surface area contributed by atoms with Gasteiger partial charge in [-0.1, -0.05) is 49.8 Å². The highest BCUT2D eigenvalue weighted by atomic mass is 16.5. The summed E-state index contributed by atoms with van der Waals surface area (Å²) < 4.78 is 10.8. The van der Waals surface area contributed by atoms with Crippen LogP contribution in [0.15, 0.2) is 48.1 Å². The summed E-state index contributed by atoms with van der Waals surface area (Å²) in [5, 5.41) is 0. The van der Waals surface area contributed by atoms with E-state index in [9.17, 15) is 4.79 Å². The lowest BCUT2D eigenvalue weighted by Crippen LogP contribution is -2.15. The largest absolute Gasteiger partial charge is 0.497 e. The molecule has 0 amide bonds. The van der Waals surface area contributed by atoms with Crippen LogP contribution in [0.3, 0.4) is 0 Å². The quantitative estimate of drug-likeness (QED) is 0.456. The number of carbonyl (C=O) groups is 1. The minimum Gasteiger partial charge on any atom is -0.497 e. The molecule has 27 heavy (non-hydrogen) atoms. The molecule has 148 valence electrons. The van der Waals surface area contributed by atoms with Crippen LogP contribution in [0.5, 0.6) is 5.75 Å². The molecule has 2 rings (SSSR count). The number of ether oxygens (including phenoxy) is 2. The third kappa shape index (κ3) is 7.62. The smallest absolute Gasteiger partial charge is 0.305 e. The Morgan fingerprint density at radius 2 is 2.04 bits per heavy atom. The Morgan fingerprint density at radius 1 is 1.22 bits per heavy atom. The first-order chi connectivity index (χ1) is 13.1. The molecule has 0 fully saturated rings. The number of esters is 1. The average Bonchev–Trinajstić information content (AvgIpc) is 2.73. The van der Waals surface area contributed by atoms with Crippen molar-refractivity contribution in [1.29, 1.82) is 0 Å². The fraction of sp³-hybridized carbons (Fsp3) is 0.542. The maximum atomic E-state index is 11.6. The molecule has 1 aromatic rings. The maximum absolute atomic E-state index is 11.6. The minimum atomic E-state index is -0.104. The van der Waals surface area contributed by atoms with E-state index in [1.165, 1.54) is 24.0 Å². The van der Waals surface area contributed by atoms with Gasteiger partial charge in [0.25, 0.3) is 0 Å². The van der Waals surface area contributed by atoms with Crippen LogP contribution in [0, 0.1) is 11.8 Å². The van der Waals surface area contributed by atoms with Gasteiger partial charge in [-0.05, 0) is 68.1 Å². The van der Waals surface area contributed by atoms with Gasteiger partial charge in [-0.15, -0.1) is 0 Å². The normalized spacial score (nSPS) is 17.3. The lowest BCUT2D eigenvalue weighted by molar-refractivity contribution is -0.144. The van der Waals surface area contributed by atoms with E-state index >= 15 is 0 Å². The summed E-state index contributed by atoms with van der Waals surface area (Å²) >= 11 is 0. The second kappa shape index (κ2) is 11.6. The minimum absolute atomic E-state index is 0.104. The van der Waals surface area contributed by atoms with Crippen molar-refractivity contribution >= 4 is 5.97 Å². The Hall–Kier alpha value is -2.03. The van der Waals surface area contributed by atoms with Crippen LogP contribution in [-0.2, 0) is 16.0 Å². The van der Waals surface area contributed by atoms with Gasteiger partial charge in [-0.2, -0.15) is 0 Å². The summed E-state index contributed by atoms with van der Waals surface area (Å²) in [6.07, 6.45) is 13.7. The molecule has 1 aliphatic carbocycles. The number of aryl methyl sites for hydroxylation is 1. The predicted octanol–water partition coefficient (Wildman–Crippen LogP) is 5.89. The van der Waals surface area contributed by atoms with Crippen molar-refractivity contribution in [3.8, 4) is 5.75 Å². The summed E-state index contributed by atoms with van der Waals surface area (Å²) in [7, 11) is 1.70. The molecular formula is C24H34O3. The molecule has 0 bridgehead atoms. The molecule has 0 aromatic heterocycles. The van der Waals surface area contributed by atoms with Crippen molar-refractivity contribution in [2.45, 2.75) is 58.8 Å². The zero-order valence-corrected chi connectivity index (χ0v) is 17.1. The monoisotopic (exact) mass is 370 g/mol. The summed E-state index contributed by atoms with van der Waals surface area (Å²) in [6.45, 7) is 4.62. The number of carbonyl (C=O) groups excluding carboxylic acids is 1. The van der Waals surface area contributed by atoms with Gasteiger partial charge in [0.05, 0.1) is 13.7 Å². The Bertz CT molecular complexity index is 645. The lowest BCUT2D eigenvalue weighted by Gasteiger charge is -2.21. The first kappa shape index (κ1) is 21.3. The van der Waals surface area contributed by atoms with Crippen LogP contribution in [0.25, 0.3) is 0 Å². The van der Waals surface area contributed by atoms with Crippen LogP contribution in [0.2, 0.25) is 0 Å². The van der Waals surface area contributed by atoms with E-state index in [1.54, 1.807) is 7.11 Å². The summed E-state index contributed by atoms with van der Waals surface area (Å²) in [5.41, 5.74) is 2.80. The molecule has 0 spiro atoms. The fourth-order valence-corrected chi connectivity index (χ4v) is 3.50. The molecule has 0 radical (unpaired) electrons. The summed E-state index contributed by atoms with van der Waals surface area (Å²) in [4.78, 5) is 11.6. The molecule has 2 unspecified atom stereocenters. The third-order valence-corrected chi connectivity index (χ3v) is 5.38. The van der Waals surface area contributed by atoms with Crippen LogP contribution < -0.4 is 4.74 Å². The lowest BCUT2D eigenvalue weighted by atomic mass is 9.87. The Balaban J connectivity index is 1.90. The van der Waals surface area contributed by atoms with Crippen LogP contribution >= 0.6 is 0 Å². The highest BCUT2D eigenvalue weighted by molar-refractivity contribution is 5.68. The molecule has 0 saturated heterocycles. The Labute approximate surface area is 164 Å². The summed E-state index contributed by atoms with van der Waals surface area (Å²) in [6, 6.07) is 8.23. The van der Waals surface area contributed by atoms with Crippen LogP contribution in [0.1, 0.15) is 57.9 Å². The second-order valence-electron chi connectivity index (χ2n) is 7.41. The molecular weight excluding hydrogens is 336 g/mol.